The molecular formula is C23H24N2O5S. The number of nitrogens with zero attached hydrogens (tertiary/aromatic N) is 2. The Kier molecular flexibility index (Phi) is 5.61. The van der Waals surface area contributed by atoms with E-state index >= 15 is 0 Å². The normalized spacial score (nSPS) is 21.0. The molecule has 31 heavy (non-hydrogen) atoms. The summed E-state index contributed by atoms with van der Waals surface area (Å²) in [6.07, 6.45) is 3.96. The maximum absolute atomic E-state index is 13.2. The van der Waals surface area contributed by atoms with E-state index in [0.717, 1.165) is 11.8 Å². The molecule has 2 unspecified atom stereocenters. The third kappa shape index (κ3) is 3.85. The number of ketones is 1. The molecule has 0 bridgehead atoms. The third-order valence-corrected chi connectivity index (χ3v) is 7.08. The highest BCUT2D eigenvalue weighted by Crippen LogP contribution is 2.55. The monoisotopic (exact) mass is 440 g/mol. The van der Waals surface area contributed by atoms with Gasteiger partial charge in [-0.05, 0) is 31.9 Å². The highest BCUT2D eigenvalue weighted by atomic mass is 32.2. The molecule has 0 spiro atoms. The van der Waals surface area contributed by atoms with Gasteiger partial charge in [0.2, 0.25) is 5.03 Å². The van der Waals surface area contributed by atoms with E-state index in [2.05, 4.69) is 5.10 Å². The van der Waals surface area contributed by atoms with Crippen molar-refractivity contribution in [2.45, 2.75) is 43.6 Å². The lowest BCUT2D eigenvalue weighted by Crippen LogP contribution is -2.28. The predicted octanol–water partition coefficient (Wildman–Crippen LogP) is 3.00. The number of aromatic nitrogens is 2. The van der Waals surface area contributed by atoms with Crippen LogP contribution in [0.5, 0.6) is 0 Å². The van der Waals surface area contributed by atoms with Gasteiger partial charge in [-0.1, -0.05) is 18.2 Å². The van der Waals surface area contributed by atoms with E-state index in [0.29, 0.717) is 34.7 Å². The molecule has 2 aliphatic rings. The van der Waals surface area contributed by atoms with Gasteiger partial charge in [-0.15, -0.1) is 0 Å². The number of carbonyl (C=O) groups is 3. The average Bonchev–Trinajstić information content (AvgIpc) is 3.45. The van der Waals surface area contributed by atoms with Crippen molar-refractivity contribution < 1.29 is 23.7 Å². The molecule has 4 rings (SSSR count). The van der Waals surface area contributed by atoms with Gasteiger partial charge in [0.15, 0.2) is 5.78 Å². The van der Waals surface area contributed by atoms with Crippen molar-refractivity contribution in [2.24, 2.45) is 12.5 Å². The van der Waals surface area contributed by atoms with E-state index in [9.17, 15) is 18.9 Å². The number of hydrogen-bond donors (Lipinski definition) is 0. The van der Waals surface area contributed by atoms with Crippen LogP contribution >= 0.6 is 0 Å². The molecule has 0 N–H and O–H groups in total. The Labute approximate surface area is 183 Å². The van der Waals surface area contributed by atoms with Gasteiger partial charge in [0.05, 0.1) is 22.2 Å². The largest absolute Gasteiger partial charge is 0.610 e. The van der Waals surface area contributed by atoms with Crippen LogP contribution in [0.15, 0.2) is 46.7 Å². The number of benzene rings is 1. The fraction of sp³-hybridized carbons (Fsp3) is 0.391. The summed E-state index contributed by atoms with van der Waals surface area (Å²) in [6.45, 7) is 1.82. The number of Topliss-reactive ketones (excluding diaryl/α,β-unsaturated/α-hetero) is 1. The number of carbonyl (C=O) groups excluding carboxylic acids is 3. The molecule has 0 radical (unpaired) electrons. The van der Waals surface area contributed by atoms with Crippen LogP contribution in [0.4, 0.5) is 0 Å². The van der Waals surface area contributed by atoms with Crippen molar-refractivity contribution in [1.29, 1.82) is 0 Å². The van der Waals surface area contributed by atoms with Crippen molar-refractivity contribution >= 4 is 29.2 Å². The van der Waals surface area contributed by atoms with Crippen molar-refractivity contribution in [3.05, 3.63) is 58.5 Å². The van der Waals surface area contributed by atoms with Crippen LogP contribution in [0.3, 0.4) is 0 Å². The Morgan fingerprint density at radius 3 is 2.55 bits per heavy atom. The second-order valence-electron chi connectivity index (χ2n) is 8.24. The Balaban J connectivity index is 1.75. The fourth-order valence-electron chi connectivity index (χ4n) is 4.50. The molecular weight excluding hydrogens is 416 g/mol. The summed E-state index contributed by atoms with van der Waals surface area (Å²) in [5.41, 5.74) is 1.28. The van der Waals surface area contributed by atoms with Crippen LogP contribution in [0.25, 0.3) is 0 Å². The molecule has 2 aliphatic carbocycles. The van der Waals surface area contributed by atoms with E-state index in [1.807, 2.05) is 6.92 Å². The van der Waals surface area contributed by atoms with E-state index in [1.165, 1.54) is 0 Å². The number of rotatable bonds is 6. The minimum atomic E-state index is -1.30. The summed E-state index contributed by atoms with van der Waals surface area (Å²) in [4.78, 5) is 37.8. The molecule has 2 atom stereocenters. The summed E-state index contributed by atoms with van der Waals surface area (Å²) >= 11 is -1.30. The zero-order chi connectivity index (χ0) is 22.3. The van der Waals surface area contributed by atoms with Gasteiger partial charge in [-0.3, -0.25) is 4.79 Å². The van der Waals surface area contributed by atoms with Crippen LogP contribution in [-0.4, -0.2) is 38.6 Å². The average molecular weight is 441 g/mol. The molecule has 7 nitrogen and oxygen atoms in total. The number of ether oxygens (including phenoxy) is 1. The van der Waals surface area contributed by atoms with Gasteiger partial charge in [-0.25, -0.2) is 9.48 Å². The molecule has 0 aliphatic heterocycles. The first kappa shape index (κ1) is 21.5. The lowest BCUT2D eigenvalue weighted by atomic mass is 9.78. The van der Waals surface area contributed by atoms with Gasteiger partial charge < -0.3 is 14.1 Å². The number of hydrogen-bond acceptors (Lipinski definition) is 6. The number of esters is 1. The van der Waals surface area contributed by atoms with Crippen LogP contribution in [0, 0.1) is 12.3 Å². The summed E-state index contributed by atoms with van der Waals surface area (Å²) in [5, 5.41) is 4.95. The summed E-state index contributed by atoms with van der Waals surface area (Å²) < 4.78 is 19.7. The SMILES string of the molecule is Cc1nn(C)c([S+](C)[O-])c1C1CC(=O)C(C2(C=O)CC2)=C(OC(=O)c2ccccc2)C1. The van der Waals surface area contributed by atoms with Crippen LogP contribution in [0.1, 0.15) is 53.2 Å². The quantitative estimate of drug-likeness (QED) is 0.389. The van der Waals surface area contributed by atoms with Crippen LogP contribution < -0.4 is 0 Å². The highest BCUT2D eigenvalue weighted by Gasteiger charge is 2.53. The molecule has 1 heterocycles. The van der Waals surface area contributed by atoms with Crippen molar-refractivity contribution in [2.75, 3.05) is 6.26 Å². The molecule has 0 saturated heterocycles. The third-order valence-electron chi connectivity index (χ3n) is 6.05. The van der Waals surface area contributed by atoms with Gasteiger partial charge in [-0.2, -0.15) is 5.10 Å². The minimum absolute atomic E-state index is 0.161. The first-order valence-corrected chi connectivity index (χ1v) is 11.7. The highest BCUT2D eigenvalue weighted by molar-refractivity contribution is 7.90. The van der Waals surface area contributed by atoms with Gasteiger partial charge in [0.1, 0.15) is 18.3 Å². The van der Waals surface area contributed by atoms with E-state index in [-0.39, 0.29) is 30.3 Å². The minimum Gasteiger partial charge on any atom is -0.610 e. The second-order valence-corrected chi connectivity index (χ2v) is 9.53. The summed E-state index contributed by atoms with van der Waals surface area (Å²) in [6, 6.07) is 8.54. The topological polar surface area (TPSA) is 101 Å². The van der Waals surface area contributed by atoms with E-state index < -0.39 is 22.6 Å². The smallest absolute Gasteiger partial charge is 0.343 e. The lowest BCUT2D eigenvalue weighted by molar-refractivity contribution is -0.120. The zero-order valence-corrected chi connectivity index (χ0v) is 18.5. The Morgan fingerprint density at radius 1 is 1.29 bits per heavy atom. The summed E-state index contributed by atoms with van der Waals surface area (Å²) in [5.74, 6) is -0.848. The van der Waals surface area contributed by atoms with Crippen molar-refractivity contribution in [1.82, 2.24) is 9.78 Å². The molecule has 1 saturated carbocycles. The Bertz CT molecular complexity index is 1080. The number of aryl methyl sites for hydroxylation is 2. The molecule has 2 aromatic rings. The number of aldehydes is 1. The predicted molar refractivity (Wildman–Crippen MR) is 114 cm³/mol. The van der Waals surface area contributed by atoms with Gasteiger partial charge in [0.25, 0.3) is 0 Å². The molecule has 162 valence electrons. The van der Waals surface area contributed by atoms with E-state index in [4.69, 9.17) is 4.74 Å². The Hall–Kier alpha value is -2.71. The fourth-order valence-corrected chi connectivity index (χ4v) is 5.54. The van der Waals surface area contributed by atoms with Crippen molar-refractivity contribution in [3.63, 3.8) is 0 Å². The molecule has 1 fully saturated rings. The van der Waals surface area contributed by atoms with E-state index in [1.54, 1.807) is 48.3 Å². The maximum atomic E-state index is 13.2. The van der Waals surface area contributed by atoms with Crippen LogP contribution in [0.2, 0.25) is 0 Å². The van der Waals surface area contributed by atoms with Gasteiger partial charge in [0, 0.05) is 42.6 Å². The first-order valence-electron chi connectivity index (χ1n) is 10.1. The number of allylic oxidation sites excluding steroid dienone is 2. The zero-order valence-electron chi connectivity index (χ0n) is 17.7. The summed E-state index contributed by atoms with van der Waals surface area (Å²) in [7, 11) is 1.72. The van der Waals surface area contributed by atoms with Crippen molar-refractivity contribution in [3.8, 4) is 0 Å². The Morgan fingerprint density at radius 2 is 1.97 bits per heavy atom. The van der Waals surface area contributed by atoms with Gasteiger partial charge >= 0.3 is 5.97 Å². The standard InChI is InChI=1S/C23H24N2O5S/c1-14-19(21(31(3)29)25(2)24-14)16-11-17(27)20(23(13-26)9-10-23)18(12-16)30-22(28)15-7-5-4-6-8-15/h4-8,13,16H,9-12H2,1-3H3. The molecule has 8 heteroatoms. The maximum Gasteiger partial charge on any atom is 0.343 e. The second kappa shape index (κ2) is 8.09. The molecule has 0 amide bonds. The van der Waals surface area contributed by atoms with Crippen LogP contribution in [-0.2, 0) is 32.5 Å². The lowest BCUT2D eigenvalue weighted by Gasteiger charge is -2.28. The molecule has 1 aromatic carbocycles. The molecule has 1 aromatic heterocycles. The first-order chi connectivity index (χ1) is 14.8.